The van der Waals surface area contributed by atoms with Crippen LogP contribution in [0.2, 0.25) is 0 Å². The van der Waals surface area contributed by atoms with E-state index in [0.717, 1.165) is 17.1 Å². The molecule has 0 atom stereocenters. The second kappa shape index (κ2) is 16.8. The highest BCUT2D eigenvalue weighted by Crippen LogP contribution is 2.58. The second-order valence-corrected chi connectivity index (χ2v) is 20.4. The van der Waals surface area contributed by atoms with Crippen molar-refractivity contribution in [3.05, 3.63) is 306 Å². The first-order chi connectivity index (χ1) is 36.0. The first-order valence-corrected chi connectivity index (χ1v) is 25.6. The molecule has 0 fully saturated rings. The minimum absolute atomic E-state index is 0.281. The quantitative estimate of drug-likeness (QED) is 0.137. The van der Waals surface area contributed by atoms with E-state index in [0.29, 0.717) is 0 Å². The fraction of sp³-hybridized carbons (Fsp3) is 0.0556. The summed E-state index contributed by atoms with van der Waals surface area (Å²) in [5, 5.41) is 5.12. The van der Waals surface area contributed by atoms with Gasteiger partial charge in [0, 0.05) is 22.4 Å². The van der Waals surface area contributed by atoms with E-state index in [9.17, 15) is 0 Å². The van der Waals surface area contributed by atoms with E-state index in [-0.39, 0.29) is 5.41 Å². The number of benzene rings is 12. The smallest absolute Gasteiger partial charge is 0.0714 e. The molecule has 1 nitrogen and oxygen atoms in total. The van der Waals surface area contributed by atoms with Gasteiger partial charge < -0.3 is 4.90 Å². The lowest BCUT2D eigenvalue weighted by Gasteiger charge is -2.35. The summed E-state index contributed by atoms with van der Waals surface area (Å²) in [4.78, 5) is 2.52. The van der Waals surface area contributed by atoms with Gasteiger partial charge in [0.15, 0.2) is 0 Å². The molecule has 0 aliphatic heterocycles. The highest BCUT2D eigenvalue weighted by atomic mass is 15.1. The van der Waals surface area contributed by atoms with Gasteiger partial charge >= 0.3 is 0 Å². The number of fused-ring (bicyclic) bond motifs is 9. The van der Waals surface area contributed by atoms with Crippen molar-refractivity contribution in [1.29, 1.82) is 0 Å². The molecule has 0 bridgehead atoms. The minimum Gasteiger partial charge on any atom is -0.310 e. The summed E-state index contributed by atoms with van der Waals surface area (Å²) in [6, 6.07) is 102. The van der Waals surface area contributed by atoms with E-state index < -0.39 is 5.41 Å². The Hall–Kier alpha value is -9.04. The molecule has 73 heavy (non-hydrogen) atoms. The average Bonchev–Trinajstić information content (AvgIpc) is 3.88. The molecule has 0 heterocycles. The Morgan fingerprint density at radius 1 is 0.274 bits per heavy atom. The standard InChI is InChI=1S/C72H51N/c1-71(2)67-45-52(65-44-51-22-12-13-27-57(51)59-29-14-15-30-60(59)65)38-41-62(67)63-42-39-55(46-68(63)71)73(70-33-19-17-28-58(70)50-36-34-49(35-37-50)48-20-6-3-7-21-48)56-40-43-64-61-31-16-18-32-66(61)72(69(64)47-56,53-23-8-4-9-24-53)54-25-10-5-11-26-54/h3-47H,1-2H3. The number of hydrogen-bond acceptors (Lipinski definition) is 1. The van der Waals surface area contributed by atoms with Crippen LogP contribution in [0.4, 0.5) is 17.1 Å². The van der Waals surface area contributed by atoms with Crippen molar-refractivity contribution in [3.63, 3.8) is 0 Å². The molecule has 0 N–H and O–H groups in total. The maximum atomic E-state index is 2.52. The predicted molar refractivity (Wildman–Crippen MR) is 307 cm³/mol. The van der Waals surface area contributed by atoms with Gasteiger partial charge in [0.05, 0.1) is 11.1 Å². The van der Waals surface area contributed by atoms with Crippen molar-refractivity contribution in [2.75, 3.05) is 4.90 Å². The molecule has 12 aromatic carbocycles. The van der Waals surface area contributed by atoms with Crippen LogP contribution in [-0.4, -0.2) is 0 Å². The molecule has 0 amide bonds. The van der Waals surface area contributed by atoms with Crippen molar-refractivity contribution in [2.45, 2.75) is 24.7 Å². The van der Waals surface area contributed by atoms with Crippen LogP contribution in [0.3, 0.4) is 0 Å². The van der Waals surface area contributed by atoms with E-state index in [1.54, 1.807) is 0 Å². The van der Waals surface area contributed by atoms with Gasteiger partial charge in [0.1, 0.15) is 0 Å². The SMILES string of the molecule is CC1(C)c2cc(-c3cc4ccccc4c4ccccc34)ccc2-c2ccc(N(c3ccc4c(c3)C(c3ccccc3)(c3ccccc3)c3ccccc3-4)c3ccccc3-c3ccc(-c4ccccc4)cc3)cc21. The summed E-state index contributed by atoms with van der Waals surface area (Å²) in [6.45, 7) is 4.83. The van der Waals surface area contributed by atoms with Crippen molar-refractivity contribution >= 4 is 38.6 Å². The first-order valence-electron chi connectivity index (χ1n) is 25.6. The molecule has 14 rings (SSSR count). The molecule has 0 unspecified atom stereocenters. The lowest BCUT2D eigenvalue weighted by molar-refractivity contribution is 0.660. The Bertz CT molecular complexity index is 4050. The number of anilines is 3. The zero-order valence-corrected chi connectivity index (χ0v) is 40.9. The van der Waals surface area contributed by atoms with Crippen LogP contribution in [0.15, 0.2) is 273 Å². The molecule has 2 aliphatic carbocycles. The van der Waals surface area contributed by atoms with Crippen molar-refractivity contribution in [1.82, 2.24) is 0 Å². The molecule has 344 valence electrons. The van der Waals surface area contributed by atoms with Crippen LogP contribution in [0.25, 0.3) is 77.2 Å². The Kier molecular flexibility index (Phi) is 9.85. The van der Waals surface area contributed by atoms with Gasteiger partial charge in [-0.05, 0) is 147 Å². The summed E-state index contributed by atoms with van der Waals surface area (Å²) in [5.74, 6) is 0. The van der Waals surface area contributed by atoms with Crippen LogP contribution in [-0.2, 0) is 10.8 Å². The number of para-hydroxylation sites is 1. The molecule has 1 heteroatoms. The molecule has 0 saturated heterocycles. The maximum Gasteiger partial charge on any atom is 0.0714 e. The van der Waals surface area contributed by atoms with Gasteiger partial charge in [-0.3, -0.25) is 0 Å². The topological polar surface area (TPSA) is 3.24 Å². The van der Waals surface area contributed by atoms with Crippen LogP contribution < -0.4 is 4.90 Å². The third kappa shape index (κ3) is 6.62. The van der Waals surface area contributed by atoms with E-state index in [4.69, 9.17) is 0 Å². The summed E-state index contributed by atoms with van der Waals surface area (Å²) < 4.78 is 0. The summed E-state index contributed by atoms with van der Waals surface area (Å²) >= 11 is 0. The monoisotopic (exact) mass is 929 g/mol. The van der Waals surface area contributed by atoms with Gasteiger partial charge in [-0.15, -0.1) is 0 Å². The minimum atomic E-state index is -0.543. The maximum absolute atomic E-state index is 2.52. The zero-order valence-electron chi connectivity index (χ0n) is 40.9. The van der Waals surface area contributed by atoms with Crippen molar-refractivity contribution in [3.8, 4) is 55.6 Å². The third-order valence-corrected chi connectivity index (χ3v) is 16.1. The van der Waals surface area contributed by atoms with Gasteiger partial charge in [-0.25, -0.2) is 0 Å². The lowest BCUT2D eigenvalue weighted by atomic mass is 9.67. The van der Waals surface area contributed by atoms with Crippen LogP contribution >= 0.6 is 0 Å². The fourth-order valence-corrected chi connectivity index (χ4v) is 12.7. The molecule has 0 spiro atoms. The van der Waals surface area contributed by atoms with Crippen LogP contribution in [0.5, 0.6) is 0 Å². The number of nitrogens with zero attached hydrogens (tertiary/aromatic N) is 1. The second-order valence-electron chi connectivity index (χ2n) is 20.4. The Morgan fingerprint density at radius 3 is 1.44 bits per heavy atom. The van der Waals surface area contributed by atoms with Crippen LogP contribution in [0.1, 0.15) is 47.2 Å². The predicted octanol–water partition coefficient (Wildman–Crippen LogP) is 19.1. The normalized spacial score (nSPS) is 13.6. The average molecular weight is 930 g/mol. The summed E-state index contributed by atoms with van der Waals surface area (Å²) in [5.41, 5.74) is 22.7. The Morgan fingerprint density at radius 2 is 0.740 bits per heavy atom. The van der Waals surface area contributed by atoms with E-state index in [1.165, 1.54) is 111 Å². The summed E-state index contributed by atoms with van der Waals surface area (Å²) in [6.07, 6.45) is 0. The first kappa shape index (κ1) is 42.8. The van der Waals surface area contributed by atoms with Gasteiger partial charge in [0.25, 0.3) is 0 Å². The van der Waals surface area contributed by atoms with Gasteiger partial charge in [-0.2, -0.15) is 0 Å². The highest BCUT2D eigenvalue weighted by Gasteiger charge is 2.46. The lowest BCUT2D eigenvalue weighted by Crippen LogP contribution is -2.28. The summed E-state index contributed by atoms with van der Waals surface area (Å²) in [7, 11) is 0. The molecule has 0 saturated carbocycles. The van der Waals surface area contributed by atoms with E-state index >= 15 is 0 Å². The number of hydrogen-bond donors (Lipinski definition) is 0. The third-order valence-electron chi connectivity index (χ3n) is 16.1. The zero-order chi connectivity index (χ0) is 48.7. The van der Waals surface area contributed by atoms with Gasteiger partial charge in [-0.1, -0.05) is 244 Å². The Labute approximate surface area is 428 Å². The highest BCUT2D eigenvalue weighted by molar-refractivity contribution is 6.14. The van der Waals surface area contributed by atoms with E-state index in [1.807, 2.05) is 0 Å². The molecule has 12 aromatic rings. The fourth-order valence-electron chi connectivity index (χ4n) is 12.7. The Balaban J connectivity index is 0.963. The molecular formula is C72H51N. The number of rotatable bonds is 8. The molecular weight excluding hydrogens is 879 g/mol. The molecule has 2 aliphatic rings. The largest absolute Gasteiger partial charge is 0.310 e. The van der Waals surface area contributed by atoms with Crippen molar-refractivity contribution < 1.29 is 0 Å². The van der Waals surface area contributed by atoms with Crippen LogP contribution in [0, 0.1) is 0 Å². The molecule has 0 radical (unpaired) electrons. The van der Waals surface area contributed by atoms with Gasteiger partial charge in [0.2, 0.25) is 0 Å². The van der Waals surface area contributed by atoms with E-state index in [2.05, 4.69) is 292 Å². The van der Waals surface area contributed by atoms with Crippen molar-refractivity contribution in [2.24, 2.45) is 0 Å². The molecule has 0 aromatic heterocycles.